The van der Waals surface area contributed by atoms with Crippen LogP contribution in [-0.2, 0) is 17.9 Å². The van der Waals surface area contributed by atoms with Crippen molar-refractivity contribution >= 4 is 28.5 Å². The second-order valence-corrected chi connectivity index (χ2v) is 9.34. The largest absolute Gasteiger partial charge is 0.489 e. The Hall–Kier alpha value is -3.32. The zero-order chi connectivity index (χ0) is 24.2. The maximum atomic E-state index is 12.4. The number of ether oxygens (including phenoxy) is 1. The molecule has 2 heterocycles. The van der Waals surface area contributed by atoms with Crippen molar-refractivity contribution in [1.82, 2.24) is 14.8 Å². The molecular weight excluding hydrogens is 462 g/mol. The number of benzene rings is 3. The smallest absolute Gasteiger partial charge is 0.325 e. The highest BCUT2D eigenvalue weighted by atomic mass is 35.5. The van der Waals surface area contributed by atoms with Gasteiger partial charge in [-0.2, -0.15) is 0 Å². The number of hydrogen-bond acceptors (Lipinski definition) is 4. The van der Waals surface area contributed by atoms with E-state index in [0.29, 0.717) is 19.7 Å². The minimum absolute atomic E-state index is 0.483. The number of nitrogens with zero attached hydrogens (tertiary/aromatic N) is 2. The number of H-pyrrole nitrogens is 1. The van der Waals surface area contributed by atoms with Crippen LogP contribution < -0.4 is 4.74 Å². The van der Waals surface area contributed by atoms with Gasteiger partial charge in [0.25, 0.3) is 0 Å². The number of carbonyl (C=O) groups is 1. The van der Waals surface area contributed by atoms with Gasteiger partial charge in [-0.05, 0) is 35.4 Å². The number of hydrogen-bond donors (Lipinski definition) is 2. The SMILES string of the molecule is O=C(O)[C@H](c1c[nH]c2cc(OCc3ccccc3)ccc12)N1CCN(Cc2cccc(Cl)c2)CC1. The van der Waals surface area contributed by atoms with E-state index in [2.05, 4.69) is 20.9 Å². The summed E-state index contributed by atoms with van der Waals surface area (Å²) in [5, 5.41) is 11.8. The molecule has 1 atom stereocenters. The second-order valence-electron chi connectivity index (χ2n) is 8.91. The van der Waals surface area contributed by atoms with Crippen molar-refractivity contribution in [1.29, 1.82) is 0 Å². The molecule has 2 N–H and O–H groups in total. The van der Waals surface area contributed by atoms with Crippen molar-refractivity contribution in [2.45, 2.75) is 19.2 Å². The van der Waals surface area contributed by atoms with Gasteiger partial charge < -0.3 is 14.8 Å². The number of aromatic amines is 1. The van der Waals surface area contributed by atoms with Crippen LogP contribution in [0.15, 0.2) is 79.0 Å². The quantitative estimate of drug-likeness (QED) is 0.349. The Balaban J connectivity index is 1.27. The summed E-state index contributed by atoms with van der Waals surface area (Å²) < 4.78 is 5.94. The summed E-state index contributed by atoms with van der Waals surface area (Å²) in [5.41, 5.74) is 3.92. The lowest BCUT2D eigenvalue weighted by Crippen LogP contribution is -2.48. The lowest BCUT2D eigenvalue weighted by atomic mass is 10.0. The van der Waals surface area contributed by atoms with Crippen LogP contribution >= 0.6 is 11.6 Å². The summed E-state index contributed by atoms with van der Waals surface area (Å²) in [7, 11) is 0. The molecule has 0 bridgehead atoms. The van der Waals surface area contributed by atoms with Crippen molar-refractivity contribution in [2.24, 2.45) is 0 Å². The van der Waals surface area contributed by atoms with Gasteiger partial charge in [0, 0.05) is 66.5 Å². The van der Waals surface area contributed by atoms with E-state index in [1.165, 1.54) is 5.56 Å². The molecule has 1 aliphatic heterocycles. The van der Waals surface area contributed by atoms with E-state index in [0.717, 1.165) is 52.4 Å². The summed E-state index contributed by atoms with van der Waals surface area (Å²) >= 11 is 6.12. The van der Waals surface area contributed by atoms with Crippen LogP contribution in [-0.4, -0.2) is 52.0 Å². The van der Waals surface area contributed by atoms with E-state index in [9.17, 15) is 9.90 Å². The summed E-state index contributed by atoms with van der Waals surface area (Å²) in [6, 6.07) is 23.0. The number of rotatable bonds is 8. The third kappa shape index (κ3) is 5.51. The van der Waals surface area contributed by atoms with Gasteiger partial charge in [-0.25, -0.2) is 0 Å². The molecule has 5 rings (SSSR count). The number of halogens is 1. The number of aliphatic carboxylic acids is 1. The van der Waals surface area contributed by atoms with E-state index in [4.69, 9.17) is 16.3 Å². The summed E-state index contributed by atoms with van der Waals surface area (Å²) in [5.74, 6) is -0.0881. The molecular formula is C28H28ClN3O3. The number of carboxylic acid groups (broad SMARTS) is 1. The molecule has 7 heteroatoms. The van der Waals surface area contributed by atoms with Crippen molar-refractivity contribution in [3.05, 3.63) is 101 Å². The summed E-state index contributed by atoms with van der Waals surface area (Å²) in [6.45, 7) is 4.26. The summed E-state index contributed by atoms with van der Waals surface area (Å²) in [4.78, 5) is 20.0. The van der Waals surface area contributed by atoms with Crippen LogP contribution in [0, 0.1) is 0 Å². The molecule has 6 nitrogen and oxygen atoms in total. The van der Waals surface area contributed by atoms with E-state index in [1.54, 1.807) is 0 Å². The van der Waals surface area contributed by atoms with E-state index < -0.39 is 12.0 Å². The normalized spacial score (nSPS) is 15.8. The van der Waals surface area contributed by atoms with Gasteiger partial charge >= 0.3 is 5.97 Å². The van der Waals surface area contributed by atoms with E-state index in [-0.39, 0.29) is 0 Å². The predicted octanol–water partition coefficient (Wildman–Crippen LogP) is 5.34. The molecule has 4 aromatic rings. The van der Waals surface area contributed by atoms with Crippen LogP contribution in [0.5, 0.6) is 5.75 Å². The zero-order valence-corrected chi connectivity index (χ0v) is 20.1. The molecule has 0 saturated carbocycles. The molecule has 1 aromatic heterocycles. The van der Waals surface area contributed by atoms with Crippen molar-refractivity contribution in [2.75, 3.05) is 26.2 Å². The number of aromatic nitrogens is 1. The van der Waals surface area contributed by atoms with E-state index >= 15 is 0 Å². The van der Waals surface area contributed by atoms with Gasteiger partial charge in [-0.15, -0.1) is 0 Å². The first kappa shape index (κ1) is 23.4. The third-order valence-electron chi connectivity index (χ3n) is 6.53. The van der Waals surface area contributed by atoms with Crippen LogP contribution in [0.4, 0.5) is 0 Å². The molecule has 1 aliphatic rings. The van der Waals surface area contributed by atoms with Crippen molar-refractivity contribution in [3.8, 4) is 5.75 Å². The monoisotopic (exact) mass is 489 g/mol. The van der Waals surface area contributed by atoms with Crippen LogP contribution in [0.1, 0.15) is 22.7 Å². The highest BCUT2D eigenvalue weighted by molar-refractivity contribution is 6.30. The first-order chi connectivity index (χ1) is 17.1. The third-order valence-corrected chi connectivity index (χ3v) is 6.76. The van der Waals surface area contributed by atoms with Gasteiger partial charge in [0.1, 0.15) is 18.4 Å². The summed E-state index contributed by atoms with van der Waals surface area (Å²) in [6.07, 6.45) is 1.82. The molecule has 1 fully saturated rings. The number of carboxylic acids is 1. The lowest BCUT2D eigenvalue weighted by molar-refractivity contribution is -0.144. The molecule has 180 valence electrons. The predicted molar refractivity (Wildman–Crippen MR) is 138 cm³/mol. The van der Waals surface area contributed by atoms with Crippen LogP contribution in [0.3, 0.4) is 0 Å². The average Bonchev–Trinajstić information content (AvgIpc) is 3.27. The molecule has 0 unspecified atom stereocenters. The highest BCUT2D eigenvalue weighted by Gasteiger charge is 2.32. The minimum Gasteiger partial charge on any atom is -0.489 e. The van der Waals surface area contributed by atoms with E-state index in [1.807, 2.05) is 72.9 Å². The molecule has 0 amide bonds. The first-order valence-corrected chi connectivity index (χ1v) is 12.2. The fourth-order valence-corrected chi connectivity index (χ4v) is 4.96. The first-order valence-electron chi connectivity index (χ1n) is 11.8. The number of nitrogens with one attached hydrogen (secondary N) is 1. The second kappa shape index (κ2) is 10.5. The number of piperazine rings is 1. The Labute approximate surface area is 209 Å². The molecule has 35 heavy (non-hydrogen) atoms. The van der Waals surface area contributed by atoms with Gasteiger partial charge in [0.15, 0.2) is 0 Å². The Morgan fingerprint density at radius 1 is 0.971 bits per heavy atom. The lowest BCUT2D eigenvalue weighted by Gasteiger charge is -2.37. The molecule has 0 spiro atoms. The number of fused-ring (bicyclic) bond motifs is 1. The molecule has 1 saturated heterocycles. The van der Waals surface area contributed by atoms with Gasteiger partial charge in [-0.1, -0.05) is 54.1 Å². The van der Waals surface area contributed by atoms with Crippen molar-refractivity contribution in [3.63, 3.8) is 0 Å². The Bertz CT molecular complexity index is 1300. The Morgan fingerprint density at radius 3 is 2.49 bits per heavy atom. The fraction of sp³-hybridized carbons (Fsp3) is 0.250. The molecule has 3 aromatic carbocycles. The standard InChI is InChI=1S/C28H28ClN3O3/c29-22-8-4-7-21(15-22)18-31-11-13-32(14-12-31)27(28(33)34)25-17-30-26-16-23(9-10-24(25)26)35-19-20-5-2-1-3-6-20/h1-10,15-17,27,30H,11-14,18-19H2,(H,33,34)/t27-/m0/s1. The van der Waals surface area contributed by atoms with Crippen molar-refractivity contribution < 1.29 is 14.6 Å². The topological polar surface area (TPSA) is 68.8 Å². The van der Waals surface area contributed by atoms with Crippen LogP contribution in [0.25, 0.3) is 10.9 Å². The molecule has 0 radical (unpaired) electrons. The maximum Gasteiger partial charge on any atom is 0.325 e. The Kier molecular flexibility index (Phi) is 7.04. The fourth-order valence-electron chi connectivity index (χ4n) is 4.74. The van der Waals surface area contributed by atoms with Gasteiger partial charge in [0.05, 0.1) is 0 Å². The molecule has 0 aliphatic carbocycles. The maximum absolute atomic E-state index is 12.4. The zero-order valence-electron chi connectivity index (χ0n) is 19.4. The average molecular weight is 490 g/mol. The minimum atomic E-state index is -0.835. The Morgan fingerprint density at radius 2 is 1.74 bits per heavy atom. The van der Waals surface area contributed by atoms with Gasteiger partial charge in [-0.3, -0.25) is 14.6 Å². The highest BCUT2D eigenvalue weighted by Crippen LogP contribution is 2.32. The van der Waals surface area contributed by atoms with Gasteiger partial charge in [0.2, 0.25) is 0 Å². The van der Waals surface area contributed by atoms with Crippen LogP contribution in [0.2, 0.25) is 5.02 Å².